The second-order valence-electron chi connectivity index (χ2n) is 6.94. The Bertz CT molecular complexity index is 344. The van der Waals surface area contributed by atoms with Crippen molar-refractivity contribution in [2.45, 2.75) is 64.8 Å². The Kier molecular flexibility index (Phi) is 2.35. The van der Waals surface area contributed by atoms with Crippen molar-refractivity contribution in [2.24, 2.45) is 17.3 Å². The van der Waals surface area contributed by atoms with E-state index in [0.717, 1.165) is 12.8 Å². The third-order valence-corrected chi connectivity index (χ3v) is 4.71. The number of hydrogen-bond acceptors (Lipinski definition) is 3. The molecule has 3 nitrogen and oxygen atoms in total. The first-order chi connectivity index (χ1) is 7.93. The van der Waals surface area contributed by atoms with Gasteiger partial charge in [0.1, 0.15) is 0 Å². The number of ether oxygens (including phenoxy) is 2. The fourth-order valence-corrected chi connectivity index (χ4v) is 3.64. The molecular weight excluding hydrogens is 216 g/mol. The molecule has 3 heteroatoms. The second kappa shape index (κ2) is 3.47. The first-order valence-electron chi connectivity index (χ1n) is 6.82. The summed E-state index contributed by atoms with van der Waals surface area (Å²) in [5.41, 5.74) is -0.293. The normalized spacial score (nSPS) is 45.4. The molecule has 0 amide bonds. The van der Waals surface area contributed by atoms with Crippen molar-refractivity contribution in [1.82, 2.24) is 0 Å². The van der Waals surface area contributed by atoms with Gasteiger partial charge in [-0.3, -0.25) is 4.79 Å². The van der Waals surface area contributed by atoms with Crippen molar-refractivity contribution in [1.29, 1.82) is 0 Å². The van der Waals surface area contributed by atoms with E-state index in [4.69, 9.17) is 9.47 Å². The van der Waals surface area contributed by atoms with E-state index in [9.17, 15) is 4.79 Å². The molecule has 3 rings (SSSR count). The van der Waals surface area contributed by atoms with Crippen LogP contribution in [0.1, 0.15) is 52.9 Å². The van der Waals surface area contributed by atoms with Gasteiger partial charge in [0.05, 0.1) is 11.5 Å². The highest BCUT2D eigenvalue weighted by Gasteiger charge is 2.64. The molecule has 0 aromatic rings. The number of esters is 1. The van der Waals surface area contributed by atoms with Crippen LogP contribution in [0.15, 0.2) is 0 Å². The lowest BCUT2D eigenvalue weighted by molar-refractivity contribution is -0.339. The smallest absolute Gasteiger partial charge is 0.314 e. The van der Waals surface area contributed by atoms with E-state index in [1.807, 2.05) is 0 Å². The molecule has 0 aromatic carbocycles. The van der Waals surface area contributed by atoms with Gasteiger partial charge < -0.3 is 9.47 Å². The Hall–Kier alpha value is -0.570. The largest absolute Gasteiger partial charge is 0.435 e. The van der Waals surface area contributed by atoms with E-state index in [1.54, 1.807) is 0 Å². The maximum atomic E-state index is 12.1. The van der Waals surface area contributed by atoms with E-state index >= 15 is 0 Å². The summed E-state index contributed by atoms with van der Waals surface area (Å²) >= 11 is 0. The minimum atomic E-state index is -0.368. The van der Waals surface area contributed by atoms with Gasteiger partial charge in [0.25, 0.3) is 0 Å². The van der Waals surface area contributed by atoms with Gasteiger partial charge >= 0.3 is 5.97 Å². The molecule has 3 fully saturated rings. The van der Waals surface area contributed by atoms with Gasteiger partial charge in [0, 0.05) is 5.41 Å². The van der Waals surface area contributed by atoms with Crippen molar-refractivity contribution in [3.8, 4) is 0 Å². The molecule has 1 heterocycles. The van der Waals surface area contributed by atoms with Crippen molar-refractivity contribution in [3.63, 3.8) is 0 Å². The van der Waals surface area contributed by atoms with Gasteiger partial charge in [0.15, 0.2) is 0 Å². The summed E-state index contributed by atoms with van der Waals surface area (Å²) in [4.78, 5) is 12.1. The van der Waals surface area contributed by atoms with Crippen LogP contribution in [0.4, 0.5) is 0 Å². The summed E-state index contributed by atoms with van der Waals surface area (Å²) in [5, 5.41) is 0. The Morgan fingerprint density at radius 2 is 2.06 bits per heavy atom. The molecule has 2 aliphatic carbocycles. The molecule has 17 heavy (non-hydrogen) atoms. The van der Waals surface area contributed by atoms with Crippen molar-refractivity contribution in [3.05, 3.63) is 0 Å². The number of carbonyl (C=O) groups excluding carboxylic acids is 1. The highest BCUT2D eigenvalue weighted by molar-refractivity contribution is 5.76. The van der Waals surface area contributed by atoms with E-state index in [-0.39, 0.29) is 29.2 Å². The predicted octanol–water partition coefficient (Wildman–Crippen LogP) is 2.88. The van der Waals surface area contributed by atoms with Crippen LogP contribution < -0.4 is 0 Å². The molecule has 0 bridgehead atoms. The summed E-state index contributed by atoms with van der Waals surface area (Å²) in [5.74, 6) is 0.597. The minimum absolute atomic E-state index is 0.0191. The quantitative estimate of drug-likeness (QED) is 0.609. The van der Waals surface area contributed by atoms with Crippen LogP contribution in [0.2, 0.25) is 0 Å². The van der Waals surface area contributed by atoms with Gasteiger partial charge in [-0.2, -0.15) is 0 Å². The Labute approximate surface area is 103 Å². The van der Waals surface area contributed by atoms with Crippen LogP contribution in [0, 0.1) is 17.3 Å². The van der Waals surface area contributed by atoms with Gasteiger partial charge in [0.2, 0.25) is 6.29 Å². The molecular formula is C14H22O3. The molecule has 4 atom stereocenters. The van der Waals surface area contributed by atoms with Gasteiger partial charge in [-0.05, 0) is 25.2 Å². The third-order valence-electron chi connectivity index (χ3n) is 4.71. The zero-order valence-electron chi connectivity index (χ0n) is 11.0. The lowest BCUT2D eigenvalue weighted by Crippen LogP contribution is -2.67. The molecule has 1 aliphatic heterocycles. The molecule has 2 saturated carbocycles. The van der Waals surface area contributed by atoms with Crippen molar-refractivity contribution < 1.29 is 14.3 Å². The van der Waals surface area contributed by atoms with Crippen molar-refractivity contribution >= 4 is 5.97 Å². The molecule has 1 spiro atoms. The predicted molar refractivity (Wildman–Crippen MR) is 63.2 cm³/mol. The lowest BCUT2D eigenvalue weighted by atomic mass is 9.54. The molecule has 0 unspecified atom stereocenters. The van der Waals surface area contributed by atoms with Gasteiger partial charge in [-0.1, -0.05) is 33.6 Å². The van der Waals surface area contributed by atoms with Crippen LogP contribution in [-0.4, -0.2) is 17.9 Å². The molecule has 0 N–H and O–H groups in total. The zero-order chi connectivity index (χ0) is 12.3. The molecule has 1 saturated heterocycles. The second-order valence-corrected chi connectivity index (χ2v) is 6.94. The van der Waals surface area contributed by atoms with Gasteiger partial charge in [-0.15, -0.1) is 0 Å². The Morgan fingerprint density at radius 3 is 2.71 bits per heavy atom. The van der Waals surface area contributed by atoms with Crippen LogP contribution in [0.25, 0.3) is 0 Å². The summed E-state index contributed by atoms with van der Waals surface area (Å²) < 4.78 is 11.7. The van der Waals surface area contributed by atoms with Gasteiger partial charge in [-0.25, -0.2) is 0 Å². The maximum Gasteiger partial charge on any atom is 0.314 e. The molecule has 3 aliphatic rings. The average molecular weight is 238 g/mol. The zero-order valence-corrected chi connectivity index (χ0v) is 11.0. The van der Waals surface area contributed by atoms with Crippen LogP contribution in [-0.2, 0) is 14.3 Å². The number of cyclic esters (lactones) is 1. The monoisotopic (exact) mass is 238 g/mol. The Morgan fingerprint density at radius 1 is 1.29 bits per heavy atom. The average Bonchev–Trinajstić information content (AvgIpc) is 2.18. The number of carbonyl (C=O) groups is 1. The van der Waals surface area contributed by atoms with E-state index in [1.165, 1.54) is 19.3 Å². The third kappa shape index (κ3) is 1.55. The highest BCUT2D eigenvalue weighted by atomic mass is 16.7. The van der Waals surface area contributed by atoms with E-state index < -0.39 is 0 Å². The van der Waals surface area contributed by atoms with Crippen molar-refractivity contribution in [2.75, 3.05) is 0 Å². The number of hydrogen-bond donors (Lipinski definition) is 0. The highest BCUT2D eigenvalue weighted by Crippen LogP contribution is 2.58. The Balaban J connectivity index is 1.86. The number of rotatable bonds is 0. The van der Waals surface area contributed by atoms with Crippen LogP contribution >= 0.6 is 0 Å². The summed E-state index contributed by atoms with van der Waals surface area (Å²) in [6.07, 6.45) is 5.36. The minimum Gasteiger partial charge on any atom is -0.435 e. The van der Waals surface area contributed by atoms with Crippen LogP contribution in [0.5, 0.6) is 0 Å². The first-order valence-corrected chi connectivity index (χ1v) is 6.82. The fraction of sp³-hybridized carbons (Fsp3) is 0.929. The maximum absolute atomic E-state index is 12.1. The summed E-state index contributed by atoms with van der Waals surface area (Å²) in [6.45, 7) is 6.20. The molecule has 0 radical (unpaired) electrons. The lowest BCUT2D eigenvalue weighted by Gasteiger charge is -2.61. The fourth-order valence-electron chi connectivity index (χ4n) is 3.64. The first kappa shape index (κ1) is 11.5. The SMILES string of the molecule is CC(C)(C)[C@@H]1OC(=O)[C@@H]2C[C@@H]3CCCC[C@]32O1. The summed E-state index contributed by atoms with van der Waals surface area (Å²) in [6, 6.07) is 0. The summed E-state index contributed by atoms with van der Waals surface area (Å²) in [7, 11) is 0. The standard InChI is InChI=1S/C14H22O3/c1-13(2,3)12-16-11(15)10-8-9-6-4-5-7-14(9,10)17-12/h9-10,12H,4-8H2,1-3H3/t9-,10-,12+,14-/m0/s1. The van der Waals surface area contributed by atoms with E-state index in [2.05, 4.69) is 20.8 Å². The topological polar surface area (TPSA) is 35.5 Å². The van der Waals surface area contributed by atoms with Crippen LogP contribution in [0.3, 0.4) is 0 Å². The van der Waals surface area contributed by atoms with E-state index in [0.29, 0.717) is 5.92 Å². The molecule has 96 valence electrons. The molecule has 0 aromatic heterocycles.